The third kappa shape index (κ3) is 1.54. The van der Waals surface area contributed by atoms with Gasteiger partial charge in [-0.05, 0) is 5.56 Å². The number of hydrogen-bond acceptors (Lipinski definition) is 2. The highest BCUT2D eigenvalue weighted by Gasteiger charge is 2.12. The molecule has 3 nitrogen and oxygen atoms in total. The second kappa shape index (κ2) is 3.64. The van der Waals surface area contributed by atoms with Gasteiger partial charge in [0.25, 0.3) is 0 Å². The van der Waals surface area contributed by atoms with Crippen LogP contribution < -0.4 is 0 Å². The highest BCUT2D eigenvalue weighted by molar-refractivity contribution is 5.24. The Morgan fingerprint density at radius 1 is 1.29 bits per heavy atom. The Morgan fingerprint density at radius 2 is 2.00 bits per heavy atom. The summed E-state index contributed by atoms with van der Waals surface area (Å²) >= 11 is 0. The van der Waals surface area contributed by atoms with E-state index >= 15 is 0 Å². The van der Waals surface area contributed by atoms with E-state index in [1.807, 2.05) is 41.9 Å². The summed E-state index contributed by atoms with van der Waals surface area (Å²) in [7, 11) is 1.87. The molecule has 0 amide bonds. The van der Waals surface area contributed by atoms with E-state index in [-0.39, 0.29) is 0 Å². The Kier molecular flexibility index (Phi) is 2.33. The first-order valence-corrected chi connectivity index (χ1v) is 4.48. The number of imidazole rings is 1. The van der Waals surface area contributed by atoms with E-state index in [4.69, 9.17) is 0 Å². The maximum absolute atomic E-state index is 10.0. The van der Waals surface area contributed by atoms with Crippen LogP contribution in [0.2, 0.25) is 0 Å². The van der Waals surface area contributed by atoms with E-state index < -0.39 is 6.10 Å². The molecule has 0 aliphatic heterocycles. The maximum Gasteiger partial charge on any atom is 0.121 e. The molecule has 0 fully saturated rings. The fourth-order valence-corrected chi connectivity index (χ4v) is 1.44. The van der Waals surface area contributed by atoms with Gasteiger partial charge in [0.2, 0.25) is 0 Å². The molecule has 1 N–H and O–H groups in total. The molecule has 0 aliphatic carbocycles. The van der Waals surface area contributed by atoms with Crippen molar-refractivity contribution in [2.75, 3.05) is 0 Å². The zero-order valence-corrected chi connectivity index (χ0v) is 7.96. The van der Waals surface area contributed by atoms with Crippen LogP contribution in [-0.2, 0) is 7.05 Å². The molecule has 0 bridgehead atoms. The predicted molar refractivity (Wildman–Crippen MR) is 53.7 cm³/mol. The number of aryl methyl sites for hydroxylation is 1. The predicted octanol–water partition coefficient (Wildman–Crippen LogP) is 1.50. The highest BCUT2D eigenvalue weighted by Crippen LogP contribution is 2.20. The van der Waals surface area contributed by atoms with Crippen molar-refractivity contribution in [3.05, 3.63) is 54.1 Å². The van der Waals surface area contributed by atoms with Crippen molar-refractivity contribution >= 4 is 0 Å². The van der Waals surface area contributed by atoms with Crippen LogP contribution >= 0.6 is 0 Å². The summed E-state index contributed by atoms with van der Waals surface area (Å²) in [6, 6.07) is 9.55. The molecule has 0 radical (unpaired) electrons. The number of nitrogens with zero attached hydrogens (tertiary/aromatic N) is 2. The van der Waals surface area contributed by atoms with E-state index in [0.717, 1.165) is 11.3 Å². The molecule has 0 saturated carbocycles. The fourth-order valence-electron chi connectivity index (χ4n) is 1.44. The van der Waals surface area contributed by atoms with E-state index in [9.17, 15) is 5.11 Å². The molecule has 1 aromatic heterocycles. The smallest absolute Gasteiger partial charge is 0.121 e. The normalized spacial score (nSPS) is 12.7. The lowest BCUT2D eigenvalue weighted by atomic mass is 10.1. The van der Waals surface area contributed by atoms with E-state index in [2.05, 4.69) is 4.98 Å². The molecule has 2 rings (SSSR count). The maximum atomic E-state index is 10.0. The second-order valence-corrected chi connectivity index (χ2v) is 3.24. The number of rotatable bonds is 2. The molecule has 3 heteroatoms. The Morgan fingerprint density at radius 3 is 2.57 bits per heavy atom. The Hall–Kier alpha value is -1.61. The van der Waals surface area contributed by atoms with Crippen LogP contribution in [0.4, 0.5) is 0 Å². The monoisotopic (exact) mass is 188 g/mol. The zero-order chi connectivity index (χ0) is 9.97. The minimum Gasteiger partial charge on any atom is -0.382 e. The molecule has 0 unspecified atom stereocenters. The topological polar surface area (TPSA) is 38.0 Å². The van der Waals surface area contributed by atoms with Crippen LogP contribution in [0, 0.1) is 0 Å². The molecular formula is C11H12N2O. The van der Waals surface area contributed by atoms with Crippen molar-refractivity contribution in [3.63, 3.8) is 0 Å². The molecule has 0 saturated heterocycles. The van der Waals surface area contributed by atoms with Crippen molar-refractivity contribution in [1.29, 1.82) is 0 Å². The number of hydrogen-bond donors (Lipinski definition) is 1. The van der Waals surface area contributed by atoms with Crippen LogP contribution in [0.1, 0.15) is 17.4 Å². The van der Waals surface area contributed by atoms with Gasteiger partial charge >= 0.3 is 0 Å². The van der Waals surface area contributed by atoms with Crippen LogP contribution in [0.3, 0.4) is 0 Å². The number of benzene rings is 1. The van der Waals surface area contributed by atoms with Gasteiger partial charge in [-0.1, -0.05) is 30.3 Å². The summed E-state index contributed by atoms with van der Waals surface area (Å²) in [5, 5.41) is 10.0. The first-order valence-electron chi connectivity index (χ1n) is 4.48. The van der Waals surface area contributed by atoms with E-state index in [1.165, 1.54) is 0 Å². The summed E-state index contributed by atoms with van der Waals surface area (Å²) in [6.07, 6.45) is 2.77. The first-order chi connectivity index (χ1) is 6.79. The van der Waals surface area contributed by atoms with Crippen molar-refractivity contribution < 1.29 is 5.11 Å². The zero-order valence-electron chi connectivity index (χ0n) is 7.96. The van der Waals surface area contributed by atoms with Gasteiger partial charge < -0.3 is 9.67 Å². The summed E-state index contributed by atoms with van der Waals surface area (Å²) in [5.41, 5.74) is 1.69. The van der Waals surface area contributed by atoms with Crippen LogP contribution in [0.5, 0.6) is 0 Å². The molecule has 1 aromatic carbocycles. The lowest BCUT2D eigenvalue weighted by Gasteiger charge is -2.10. The molecule has 0 spiro atoms. The van der Waals surface area contributed by atoms with Crippen LogP contribution in [0.15, 0.2) is 42.9 Å². The number of aliphatic hydroxyl groups is 1. The number of aromatic nitrogens is 2. The first kappa shape index (κ1) is 8.97. The van der Waals surface area contributed by atoms with Crippen molar-refractivity contribution in [1.82, 2.24) is 9.55 Å². The number of aliphatic hydroxyl groups excluding tert-OH is 1. The standard InChI is InChI=1S/C11H12N2O/c1-13-8-12-7-10(13)11(14)9-5-3-2-4-6-9/h2-8,11,14H,1H3/t11-/m0/s1. The third-order valence-electron chi connectivity index (χ3n) is 2.25. The lowest BCUT2D eigenvalue weighted by Crippen LogP contribution is -2.04. The molecule has 1 heterocycles. The summed E-state index contributed by atoms with van der Waals surface area (Å²) < 4.78 is 1.82. The Labute approximate surface area is 82.7 Å². The summed E-state index contributed by atoms with van der Waals surface area (Å²) in [6.45, 7) is 0. The van der Waals surface area contributed by atoms with Gasteiger partial charge in [0.05, 0.1) is 18.2 Å². The quantitative estimate of drug-likeness (QED) is 0.775. The van der Waals surface area contributed by atoms with Crippen LogP contribution in [-0.4, -0.2) is 14.7 Å². The molecule has 0 aliphatic rings. The van der Waals surface area contributed by atoms with E-state index in [1.54, 1.807) is 12.5 Å². The minimum absolute atomic E-state index is 0.594. The van der Waals surface area contributed by atoms with E-state index in [0.29, 0.717) is 0 Å². The van der Waals surface area contributed by atoms with Gasteiger partial charge in [0.1, 0.15) is 6.10 Å². The Balaban J connectivity index is 2.34. The van der Waals surface area contributed by atoms with Crippen molar-refractivity contribution in [2.24, 2.45) is 7.05 Å². The molecule has 14 heavy (non-hydrogen) atoms. The summed E-state index contributed by atoms with van der Waals surface area (Å²) in [5.74, 6) is 0. The largest absolute Gasteiger partial charge is 0.382 e. The lowest BCUT2D eigenvalue weighted by molar-refractivity contribution is 0.211. The van der Waals surface area contributed by atoms with Gasteiger partial charge in [-0.25, -0.2) is 4.98 Å². The average molecular weight is 188 g/mol. The molecule has 2 aromatic rings. The molecular weight excluding hydrogens is 176 g/mol. The Bertz CT molecular complexity index is 408. The van der Waals surface area contributed by atoms with Gasteiger partial charge in [0.15, 0.2) is 0 Å². The van der Waals surface area contributed by atoms with Gasteiger partial charge in [0, 0.05) is 7.05 Å². The van der Waals surface area contributed by atoms with Gasteiger partial charge in [-0.3, -0.25) is 0 Å². The van der Waals surface area contributed by atoms with Crippen molar-refractivity contribution in [2.45, 2.75) is 6.10 Å². The fraction of sp³-hybridized carbons (Fsp3) is 0.182. The van der Waals surface area contributed by atoms with Crippen molar-refractivity contribution in [3.8, 4) is 0 Å². The minimum atomic E-state index is -0.594. The highest BCUT2D eigenvalue weighted by atomic mass is 16.3. The summed E-state index contributed by atoms with van der Waals surface area (Å²) in [4.78, 5) is 3.97. The second-order valence-electron chi connectivity index (χ2n) is 3.24. The average Bonchev–Trinajstić information content (AvgIpc) is 2.65. The molecule has 72 valence electrons. The third-order valence-corrected chi connectivity index (χ3v) is 2.25. The van der Waals surface area contributed by atoms with Gasteiger partial charge in [-0.15, -0.1) is 0 Å². The molecule has 1 atom stereocenters. The SMILES string of the molecule is Cn1cncc1[C@@H](O)c1ccccc1. The van der Waals surface area contributed by atoms with Crippen LogP contribution in [0.25, 0.3) is 0 Å². The van der Waals surface area contributed by atoms with Gasteiger partial charge in [-0.2, -0.15) is 0 Å².